The average molecular weight is 357 g/mol. The van der Waals surface area contributed by atoms with Crippen LogP contribution in [0.15, 0.2) is 48.8 Å². The van der Waals surface area contributed by atoms with Gasteiger partial charge in [0.2, 0.25) is 5.91 Å². The molecule has 3 aromatic rings. The van der Waals surface area contributed by atoms with E-state index in [-0.39, 0.29) is 11.8 Å². The van der Waals surface area contributed by atoms with Crippen LogP contribution in [0.25, 0.3) is 22.0 Å². The van der Waals surface area contributed by atoms with Gasteiger partial charge in [0.15, 0.2) is 0 Å². The van der Waals surface area contributed by atoms with E-state index in [1.54, 1.807) is 12.3 Å². The maximum Gasteiger partial charge on any atom is 0.220 e. The second-order valence-electron chi connectivity index (χ2n) is 6.74. The van der Waals surface area contributed by atoms with Crippen LogP contribution in [-0.2, 0) is 4.79 Å². The minimum absolute atomic E-state index is 0.0296. The van der Waals surface area contributed by atoms with Gasteiger partial charge in [0.1, 0.15) is 11.9 Å². The summed E-state index contributed by atoms with van der Waals surface area (Å²) in [5.41, 5.74) is 8.66. The van der Waals surface area contributed by atoms with Gasteiger partial charge in [0.25, 0.3) is 0 Å². The zero-order valence-corrected chi connectivity index (χ0v) is 14.8. The molecule has 0 aliphatic carbocycles. The number of pyridine rings is 2. The maximum absolute atomic E-state index is 11.3. The van der Waals surface area contributed by atoms with Crippen LogP contribution in [0, 0.1) is 17.2 Å². The lowest BCUT2D eigenvalue weighted by Gasteiger charge is -2.31. The van der Waals surface area contributed by atoms with Crippen molar-refractivity contribution >= 4 is 22.6 Å². The number of fused-ring (bicyclic) bond motifs is 1. The first kappa shape index (κ1) is 17.0. The van der Waals surface area contributed by atoms with Crippen LogP contribution in [-0.4, -0.2) is 29.0 Å². The summed E-state index contributed by atoms with van der Waals surface area (Å²) in [5.74, 6) is 0.662. The van der Waals surface area contributed by atoms with E-state index >= 15 is 0 Å². The van der Waals surface area contributed by atoms with E-state index in [1.807, 2.05) is 36.5 Å². The van der Waals surface area contributed by atoms with Crippen LogP contribution in [0.5, 0.6) is 0 Å². The molecule has 0 spiro atoms. The quantitative estimate of drug-likeness (QED) is 0.777. The normalized spacial score (nSPS) is 14.9. The molecular weight excluding hydrogens is 338 g/mol. The Hall–Kier alpha value is -3.46. The summed E-state index contributed by atoms with van der Waals surface area (Å²) < 4.78 is 0. The van der Waals surface area contributed by atoms with Gasteiger partial charge in [-0.15, -0.1) is 0 Å². The van der Waals surface area contributed by atoms with E-state index in [2.05, 4.69) is 20.9 Å². The van der Waals surface area contributed by atoms with Crippen LogP contribution in [0.4, 0.5) is 5.82 Å². The summed E-state index contributed by atoms with van der Waals surface area (Å²) in [5, 5.41) is 10.2. The number of nitrogens with zero attached hydrogens (tertiary/aromatic N) is 4. The van der Waals surface area contributed by atoms with Crippen molar-refractivity contribution in [2.75, 3.05) is 18.0 Å². The Labute approximate surface area is 157 Å². The van der Waals surface area contributed by atoms with E-state index < -0.39 is 0 Å². The third-order valence-electron chi connectivity index (χ3n) is 5.17. The van der Waals surface area contributed by atoms with Gasteiger partial charge < -0.3 is 10.6 Å². The summed E-state index contributed by atoms with van der Waals surface area (Å²) in [6.07, 6.45) is 5.09. The van der Waals surface area contributed by atoms with Crippen LogP contribution >= 0.6 is 0 Å². The molecule has 1 amide bonds. The second kappa shape index (κ2) is 7.04. The third kappa shape index (κ3) is 3.20. The molecule has 6 nitrogen and oxygen atoms in total. The smallest absolute Gasteiger partial charge is 0.220 e. The number of anilines is 1. The molecule has 0 saturated carbocycles. The Morgan fingerprint density at radius 2 is 1.96 bits per heavy atom. The van der Waals surface area contributed by atoms with Crippen molar-refractivity contribution in [3.05, 3.63) is 54.4 Å². The second-order valence-corrected chi connectivity index (χ2v) is 6.74. The number of piperidine rings is 1. The molecule has 4 rings (SSSR count). The SMILES string of the molecule is N#Cc1ccc(-c2ccc(N3CCC(C(N)=O)CC3)nc2)c2cccnc12. The van der Waals surface area contributed by atoms with Gasteiger partial charge in [0.05, 0.1) is 11.1 Å². The lowest BCUT2D eigenvalue weighted by Crippen LogP contribution is -2.38. The minimum atomic E-state index is -0.209. The van der Waals surface area contributed by atoms with Crippen molar-refractivity contribution in [3.8, 4) is 17.2 Å². The van der Waals surface area contributed by atoms with Gasteiger partial charge in [-0.25, -0.2) is 4.98 Å². The van der Waals surface area contributed by atoms with E-state index in [4.69, 9.17) is 5.73 Å². The number of primary amides is 1. The molecule has 6 heteroatoms. The molecule has 1 fully saturated rings. The highest BCUT2D eigenvalue weighted by Crippen LogP contribution is 2.30. The third-order valence-corrected chi connectivity index (χ3v) is 5.17. The molecule has 0 unspecified atom stereocenters. The highest BCUT2D eigenvalue weighted by molar-refractivity contribution is 5.97. The van der Waals surface area contributed by atoms with Crippen molar-refractivity contribution in [1.29, 1.82) is 5.26 Å². The number of benzene rings is 1. The molecule has 0 atom stereocenters. The van der Waals surface area contributed by atoms with Gasteiger partial charge in [-0.1, -0.05) is 12.1 Å². The monoisotopic (exact) mass is 357 g/mol. The Balaban J connectivity index is 1.61. The summed E-state index contributed by atoms with van der Waals surface area (Å²) in [6, 6.07) is 13.8. The summed E-state index contributed by atoms with van der Waals surface area (Å²) in [4.78, 5) is 22.5. The van der Waals surface area contributed by atoms with Crippen LogP contribution < -0.4 is 10.6 Å². The molecular formula is C21H19N5O. The first-order valence-corrected chi connectivity index (χ1v) is 8.96. The standard InChI is InChI=1S/C21H19N5O/c22-12-15-3-5-17(18-2-1-9-24-20(15)18)16-4-6-19(25-13-16)26-10-7-14(8-11-26)21(23)27/h1-6,9,13-14H,7-8,10-11H2,(H2,23,27). The molecule has 0 bridgehead atoms. The first-order chi connectivity index (χ1) is 13.2. The molecule has 1 aromatic carbocycles. The Morgan fingerprint density at radius 3 is 2.63 bits per heavy atom. The molecule has 3 heterocycles. The van der Waals surface area contributed by atoms with E-state index in [0.29, 0.717) is 11.1 Å². The molecule has 0 radical (unpaired) electrons. The fraction of sp³-hybridized carbons (Fsp3) is 0.238. The summed E-state index contributed by atoms with van der Waals surface area (Å²) in [6.45, 7) is 1.56. The molecule has 27 heavy (non-hydrogen) atoms. The number of carbonyl (C=O) groups is 1. The summed E-state index contributed by atoms with van der Waals surface area (Å²) >= 11 is 0. The number of aromatic nitrogens is 2. The minimum Gasteiger partial charge on any atom is -0.369 e. The molecule has 2 aromatic heterocycles. The lowest BCUT2D eigenvalue weighted by molar-refractivity contribution is -0.122. The number of rotatable bonds is 3. The van der Waals surface area contributed by atoms with Gasteiger partial charge >= 0.3 is 0 Å². The van der Waals surface area contributed by atoms with Crippen molar-refractivity contribution in [3.63, 3.8) is 0 Å². The maximum atomic E-state index is 11.3. The Morgan fingerprint density at radius 1 is 1.15 bits per heavy atom. The zero-order chi connectivity index (χ0) is 18.8. The molecule has 1 aliphatic heterocycles. The van der Waals surface area contributed by atoms with Crippen molar-refractivity contribution < 1.29 is 4.79 Å². The number of hydrogen-bond acceptors (Lipinski definition) is 5. The van der Waals surface area contributed by atoms with Gasteiger partial charge in [-0.05, 0) is 42.7 Å². The fourth-order valence-corrected chi connectivity index (χ4v) is 3.64. The van der Waals surface area contributed by atoms with Crippen molar-refractivity contribution in [2.24, 2.45) is 11.7 Å². The van der Waals surface area contributed by atoms with E-state index in [0.717, 1.165) is 48.3 Å². The number of nitriles is 1. The largest absolute Gasteiger partial charge is 0.369 e. The van der Waals surface area contributed by atoms with Crippen molar-refractivity contribution in [1.82, 2.24) is 9.97 Å². The van der Waals surface area contributed by atoms with Gasteiger partial charge in [-0.2, -0.15) is 5.26 Å². The highest BCUT2D eigenvalue weighted by atomic mass is 16.1. The number of hydrogen-bond donors (Lipinski definition) is 1. The molecule has 2 N–H and O–H groups in total. The Kier molecular flexibility index (Phi) is 4.43. The molecule has 134 valence electrons. The lowest BCUT2D eigenvalue weighted by atomic mass is 9.96. The van der Waals surface area contributed by atoms with Crippen LogP contribution in [0.1, 0.15) is 18.4 Å². The van der Waals surface area contributed by atoms with Gasteiger partial charge in [-0.3, -0.25) is 9.78 Å². The fourth-order valence-electron chi connectivity index (χ4n) is 3.64. The molecule has 1 aliphatic rings. The predicted molar refractivity (Wildman–Crippen MR) is 104 cm³/mol. The highest BCUT2D eigenvalue weighted by Gasteiger charge is 2.23. The number of nitrogens with two attached hydrogens (primary N) is 1. The van der Waals surface area contributed by atoms with E-state index in [1.165, 1.54) is 0 Å². The first-order valence-electron chi connectivity index (χ1n) is 8.96. The number of amides is 1. The zero-order valence-electron chi connectivity index (χ0n) is 14.8. The van der Waals surface area contributed by atoms with Gasteiger partial charge in [0, 0.05) is 42.4 Å². The van der Waals surface area contributed by atoms with E-state index in [9.17, 15) is 10.1 Å². The Bertz CT molecular complexity index is 1030. The summed E-state index contributed by atoms with van der Waals surface area (Å²) in [7, 11) is 0. The van der Waals surface area contributed by atoms with Crippen LogP contribution in [0.2, 0.25) is 0 Å². The topological polar surface area (TPSA) is 95.9 Å². The molecule has 1 saturated heterocycles. The predicted octanol–water partition coefficient (Wildman–Crippen LogP) is 2.87. The number of carbonyl (C=O) groups excluding carboxylic acids is 1. The average Bonchev–Trinajstić information content (AvgIpc) is 2.73. The van der Waals surface area contributed by atoms with Crippen LogP contribution in [0.3, 0.4) is 0 Å². The van der Waals surface area contributed by atoms with Crippen molar-refractivity contribution in [2.45, 2.75) is 12.8 Å².